The lowest BCUT2D eigenvalue weighted by Crippen LogP contribution is -2.32. The van der Waals surface area contributed by atoms with Gasteiger partial charge >= 0.3 is 0 Å². The molecule has 1 heterocycles. The number of benzene rings is 1. The molecule has 0 radical (unpaired) electrons. The number of aliphatic hydroxyl groups is 1. The van der Waals surface area contributed by atoms with E-state index < -0.39 is 0 Å². The normalized spacial score (nSPS) is 20.1. The van der Waals surface area contributed by atoms with Crippen LogP contribution in [0.15, 0.2) is 22.7 Å². The van der Waals surface area contributed by atoms with Gasteiger partial charge in [-0.25, -0.2) is 0 Å². The maximum atomic E-state index is 9.33. The molecule has 0 aromatic heterocycles. The number of halogens is 1. The molecule has 3 nitrogen and oxygen atoms in total. The Bertz CT molecular complexity index is 364. The predicted molar refractivity (Wildman–Crippen MR) is 67.7 cm³/mol. The minimum absolute atomic E-state index is 0.0700. The molecule has 0 spiro atoms. The van der Waals surface area contributed by atoms with Crippen molar-refractivity contribution in [2.75, 3.05) is 25.2 Å². The molecule has 0 bridgehead atoms. The average molecular weight is 286 g/mol. The smallest absolute Gasteiger partial charge is 0.0702 e. The van der Waals surface area contributed by atoms with Gasteiger partial charge in [-0.1, -0.05) is 22.0 Å². The van der Waals surface area contributed by atoms with E-state index in [1.165, 1.54) is 0 Å². The highest BCUT2D eigenvalue weighted by Gasteiger charge is 2.22. The zero-order valence-corrected chi connectivity index (χ0v) is 10.9. The molecule has 0 saturated carbocycles. The lowest BCUT2D eigenvalue weighted by molar-refractivity contribution is 0.193. The van der Waals surface area contributed by atoms with Gasteiger partial charge in [-0.05, 0) is 18.6 Å². The van der Waals surface area contributed by atoms with Crippen LogP contribution in [0.2, 0.25) is 0 Å². The number of nitrogens with zero attached hydrogens (tertiary/aromatic N) is 1. The van der Waals surface area contributed by atoms with Crippen molar-refractivity contribution in [3.8, 4) is 0 Å². The van der Waals surface area contributed by atoms with Gasteiger partial charge in [0, 0.05) is 29.4 Å². The Morgan fingerprint density at radius 1 is 1.56 bits per heavy atom. The van der Waals surface area contributed by atoms with Gasteiger partial charge < -0.3 is 14.7 Å². The molecule has 1 saturated heterocycles. The Hall–Kier alpha value is -0.580. The van der Waals surface area contributed by atoms with Gasteiger partial charge in [0.25, 0.3) is 0 Å². The number of hydrogen-bond acceptors (Lipinski definition) is 3. The van der Waals surface area contributed by atoms with Gasteiger partial charge in [0.2, 0.25) is 0 Å². The summed E-state index contributed by atoms with van der Waals surface area (Å²) in [5, 5.41) is 9.33. The quantitative estimate of drug-likeness (QED) is 0.924. The van der Waals surface area contributed by atoms with Crippen molar-refractivity contribution in [2.45, 2.75) is 19.1 Å². The number of rotatable bonds is 3. The summed E-state index contributed by atoms with van der Waals surface area (Å²) in [6.07, 6.45) is 1.05. The first-order chi connectivity index (χ1) is 7.72. The van der Waals surface area contributed by atoms with E-state index in [1.54, 1.807) is 0 Å². The Morgan fingerprint density at radius 2 is 2.38 bits per heavy atom. The molecule has 1 atom stereocenters. The molecule has 1 aliphatic heterocycles. The minimum atomic E-state index is 0.0700. The second kappa shape index (κ2) is 5.17. The number of anilines is 1. The molecule has 0 aliphatic carbocycles. The Labute approximate surface area is 104 Å². The molecule has 1 N–H and O–H groups in total. The third-order valence-electron chi connectivity index (χ3n) is 3.05. The molecule has 88 valence electrons. The van der Waals surface area contributed by atoms with Crippen LogP contribution < -0.4 is 4.90 Å². The lowest BCUT2D eigenvalue weighted by atomic mass is 10.1. The van der Waals surface area contributed by atoms with E-state index in [-0.39, 0.29) is 6.61 Å². The summed E-state index contributed by atoms with van der Waals surface area (Å²) in [5.41, 5.74) is 2.03. The van der Waals surface area contributed by atoms with Crippen LogP contribution in [0.5, 0.6) is 0 Å². The van der Waals surface area contributed by atoms with E-state index in [0.717, 1.165) is 35.4 Å². The lowest BCUT2D eigenvalue weighted by Gasteiger charge is -2.27. The van der Waals surface area contributed by atoms with Crippen molar-refractivity contribution in [2.24, 2.45) is 0 Å². The number of ether oxygens (including phenoxy) is 1. The summed E-state index contributed by atoms with van der Waals surface area (Å²) in [6, 6.07) is 6.36. The van der Waals surface area contributed by atoms with Gasteiger partial charge in [0.15, 0.2) is 0 Å². The summed E-state index contributed by atoms with van der Waals surface area (Å²) >= 11 is 3.46. The van der Waals surface area contributed by atoms with Crippen molar-refractivity contribution in [3.63, 3.8) is 0 Å². The summed E-state index contributed by atoms with van der Waals surface area (Å²) in [6.45, 7) is 1.67. The highest BCUT2D eigenvalue weighted by molar-refractivity contribution is 9.10. The SMILES string of the molecule is CN(c1cc(Br)ccc1CO)C1CCOC1. The van der Waals surface area contributed by atoms with Gasteiger partial charge in [-0.2, -0.15) is 0 Å². The number of likely N-dealkylation sites (N-methyl/N-ethyl adjacent to an activating group) is 1. The molecular weight excluding hydrogens is 270 g/mol. The van der Waals surface area contributed by atoms with Gasteiger partial charge in [0.05, 0.1) is 19.3 Å². The second-order valence-electron chi connectivity index (χ2n) is 4.06. The van der Waals surface area contributed by atoms with Crippen LogP contribution in [-0.4, -0.2) is 31.4 Å². The van der Waals surface area contributed by atoms with E-state index in [0.29, 0.717) is 6.04 Å². The molecule has 4 heteroatoms. The minimum Gasteiger partial charge on any atom is -0.392 e. The summed E-state index contributed by atoms with van der Waals surface area (Å²) in [5.74, 6) is 0. The fourth-order valence-electron chi connectivity index (χ4n) is 2.02. The zero-order valence-electron chi connectivity index (χ0n) is 9.32. The summed E-state index contributed by atoms with van der Waals surface area (Å²) in [7, 11) is 2.06. The Morgan fingerprint density at radius 3 is 3.00 bits per heavy atom. The third-order valence-corrected chi connectivity index (χ3v) is 3.54. The molecule has 1 aromatic carbocycles. The van der Waals surface area contributed by atoms with Crippen LogP contribution in [-0.2, 0) is 11.3 Å². The monoisotopic (exact) mass is 285 g/mol. The van der Waals surface area contributed by atoms with E-state index in [9.17, 15) is 5.11 Å². The molecular formula is C12H16BrNO2. The van der Waals surface area contributed by atoms with Gasteiger partial charge in [0.1, 0.15) is 0 Å². The Kier molecular flexibility index (Phi) is 3.84. The first-order valence-electron chi connectivity index (χ1n) is 5.42. The highest BCUT2D eigenvalue weighted by Crippen LogP contribution is 2.27. The van der Waals surface area contributed by atoms with Crippen molar-refractivity contribution >= 4 is 21.6 Å². The first kappa shape index (κ1) is 11.9. The molecule has 1 fully saturated rings. The van der Waals surface area contributed by atoms with Crippen LogP contribution in [0.3, 0.4) is 0 Å². The first-order valence-corrected chi connectivity index (χ1v) is 6.21. The van der Waals surface area contributed by atoms with Crippen molar-refractivity contribution in [1.29, 1.82) is 0 Å². The van der Waals surface area contributed by atoms with E-state index in [2.05, 4.69) is 27.9 Å². The number of hydrogen-bond donors (Lipinski definition) is 1. The standard InChI is InChI=1S/C12H16BrNO2/c1-14(11-4-5-16-8-11)12-6-10(13)3-2-9(12)7-15/h2-3,6,11,15H,4-5,7-8H2,1H3. The van der Waals surface area contributed by atoms with E-state index in [1.807, 2.05) is 18.2 Å². The maximum absolute atomic E-state index is 9.33. The molecule has 16 heavy (non-hydrogen) atoms. The van der Waals surface area contributed by atoms with Gasteiger partial charge in [-0.15, -0.1) is 0 Å². The molecule has 0 amide bonds. The highest BCUT2D eigenvalue weighted by atomic mass is 79.9. The van der Waals surface area contributed by atoms with Crippen LogP contribution in [0.1, 0.15) is 12.0 Å². The van der Waals surface area contributed by atoms with E-state index in [4.69, 9.17) is 4.74 Å². The summed E-state index contributed by atoms with van der Waals surface area (Å²) in [4.78, 5) is 2.20. The molecule has 1 aliphatic rings. The van der Waals surface area contributed by atoms with Crippen molar-refractivity contribution < 1.29 is 9.84 Å². The number of aliphatic hydroxyl groups excluding tert-OH is 1. The zero-order chi connectivity index (χ0) is 11.5. The third kappa shape index (κ3) is 2.39. The fourth-order valence-corrected chi connectivity index (χ4v) is 2.37. The average Bonchev–Trinajstić information content (AvgIpc) is 2.81. The molecule has 1 aromatic rings. The van der Waals surface area contributed by atoms with E-state index >= 15 is 0 Å². The maximum Gasteiger partial charge on any atom is 0.0702 e. The van der Waals surface area contributed by atoms with Crippen LogP contribution in [0, 0.1) is 0 Å². The second-order valence-corrected chi connectivity index (χ2v) is 4.98. The molecule has 1 unspecified atom stereocenters. The Balaban J connectivity index is 2.26. The predicted octanol–water partition coefficient (Wildman–Crippen LogP) is 2.17. The van der Waals surface area contributed by atoms with Crippen molar-refractivity contribution in [1.82, 2.24) is 0 Å². The van der Waals surface area contributed by atoms with Crippen molar-refractivity contribution in [3.05, 3.63) is 28.2 Å². The fraction of sp³-hybridized carbons (Fsp3) is 0.500. The topological polar surface area (TPSA) is 32.7 Å². The summed E-state index contributed by atoms with van der Waals surface area (Å²) < 4.78 is 6.42. The van der Waals surface area contributed by atoms with Crippen LogP contribution in [0.4, 0.5) is 5.69 Å². The van der Waals surface area contributed by atoms with Gasteiger partial charge in [-0.3, -0.25) is 0 Å². The van der Waals surface area contributed by atoms with Crippen LogP contribution >= 0.6 is 15.9 Å². The molecule has 2 rings (SSSR count). The van der Waals surface area contributed by atoms with Crippen LogP contribution in [0.25, 0.3) is 0 Å². The largest absolute Gasteiger partial charge is 0.392 e.